The second-order valence-corrected chi connectivity index (χ2v) is 8.39. The molecule has 1 atom stereocenters. The topological polar surface area (TPSA) is 75.3 Å². The van der Waals surface area contributed by atoms with E-state index in [-0.39, 0.29) is 24.4 Å². The van der Waals surface area contributed by atoms with Crippen LogP contribution in [0.15, 0.2) is 24.3 Å². The predicted molar refractivity (Wildman–Crippen MR) is 94.7 cm³/mol. The van der Waals surface area contributed by atoms with Crippen LogP contribution in [0.25, 0.3) is 0 Å². The summed E-state index contributed by atoms with van der Waals surface area (Å²) < 4.78 is 23.2. The molecule has 1 unspecified atom stereocenters. The SMILES string of the molecule is Cc1ccccc1C(C)NC(=O)C1(S(C)(=O)=O)CCNCC1.Cl. The van der Waals surface area contributed by atoms with Gasteiger partial charge < -0.3 is 10.6 Å². The van der Waals surface area contributed by atoms with E-state index in [1.165, 1.54) is 0 Å². The van der Waals surface area contributed by atoms with Crippen LogP contribution in [0, 0.1) is 6.92 Å². The van der Waals surface area contributed by atoms with Crippen molar-refractivity contribution in [2.24, 2.45) is 0 Å². The Bertz CT molecular complexity index is 655. The molecule has 1 aliphatic rings. The molecule has 23 heavy (non-hydrogen) atoms. The molecule has 1 amide bonds. The molecule has 1 aromatic rings. The maximum atomic E-state index is 12.7. The number of halogens is 1. The molecule has 5 nitrogen and oxygen atoms in total. The van der Waals surface area contributed by atoms with Gasteiger partial charge in [-0.15, -0.1) is 12.4 Å². The predicted octanol–water partition coefficient (Wildman–Crippen LogP) is 1.76. The molecule has 0 aromatic heterocycles. The van der Waals surface area contributed by atoms with Gasteiger partial charge in [-0.3, -0.25) is 4.79 Å². The number of benzene rings is 1. The van der Waals surface area contributed by atoms with E-state index in [1.807, 2.05) is 38.1 Å². The van der Waals surface area contributed by atoms with Crippen LogP contribution in [-0.4, -0.2) is 38.4 Å². The Labute approximate surface area is 144 Å². The van der Waals surface area contributed by atoms with E-state index in [1.54, 1.807) is 0 Å². The van der Waals surface area contributed by atoms with Gasteiger partial charge in [0.15, 0.2) is 14.6 Å². The number of hydrogen-bond acceptors (Lipinski definition) is 4. The summed E-state index contributed by atoms with van der Waals surface area (Å²) in [7, 11) is -3.48. The molecular formula is C16H25ClN2O3S. The van der Waals surface area contributed by atoms with Crippen LogP contribution in [0.4, 0.5) is 0 Å². The van der Waals surface area contributed by atoms with Gasteiger partial charge in [-0.05, 0) is 50.9 Å². The van der Waals surface area contributed by atoms with Crippen LogP contribution in [0.1, 0.15) is 36.9 Å². The average molecular weight is 361 g/mol. The molecular weight excluding hydrogens is 336 g/mol. The van der Waals surface area contributed by atoms with Crippen LogP contribution in [0.2, 0.25) is 0 Å². The minimum absolute atomic E-state index is 0. The van der Waals surface area contributed by atoms with Crippen LogP contribution >= 0.6 is 12.4 Å². The van der Waals surface area contributed by atoms with Crippen molar-refractivity contribution in [3.8, 4) is 0 Å². The number of carbonyl (C=O) groups is 1. The van der Waals surface area contributed by atoms with Gasteiger partial charge in [-0.25, -0.2) is 8.42 Å². The van der Waals surface area contributed by atoms with Gasteiger partial charge in [0.25, 0.3) is 0 Å². The van der Waals surface area contributed by atoms with Crippen LogP contribution in [0.5, 0.6) is 0 Å². The van der Waals surface area contributed by atoms with E-state index in [9.17, 15) is 13.2 Å². The van der Waals surface area contributed by atoms with Crippen molar-refractivity contribution >= 4 is 28.2 Å². The van der Waals surface area contributed by atoms with Crippen molar-refractivity contribution < 1.29 is 13.2 Å². The smallest absolute Gasteiger partial charge is 0.242 e. The number of carbonyl (C=O) groups excluding carboxylic acids is 1. The molecule has 0 saturated carbocycles. The Balaban J connectivity index is 0.00000264. The van der Waals surface area contributed by atoms with Crippen molar-refractivity contribution in [1.82, 2.24) is 10.6 Å². The molecule has 1 heterocycles. The van der Waals surface area contributed by atoms with Crippen molar-refractivity contribution in [3.05, 3.63) is 35.4 Å². The summed E-state index contributed by atoms with van der Waals surface area (Å²) in [5.74, 6) is -0.382. The second kappa shape index (κ2) is 7.64. The number of aryl methyl sites for hydroxylation is 1. The quantitative estimate of drug-likeness (QED) is 0.858. The first-order valence-electron chi connectivity index (χ1n) is 7.55. The first-order chi connectivity index (χ1) is 10.3. The third-order valence-electron chi connectivity index (χ3n) is 4.54. The van der Waals surface area contributed by atoms with Gasteiger partial charge in [0.1, 0.15) is 0 Å². The Morgan fingerprint density at radius 1 is 1.26 bits per heavy atom. The van der Waals surface area contributed by atoms with Gasteiger partial charge >= 0.3 is 0 Å². The first-order valence-corrected chi connectivity index (χ1v) is 9.44. The van der Waals surface area contributed by atoms with E-state index in [0.717, 1.165) is 17.4 Å². The molecule has 130 valence electrons. The Morgan fingerprint density at radius 3 is 2.35 bits per heavy atom. The van der Waals surface area contributed by atoms with E-state index in [0.29, 0.717) is 25.9 Å². The fraction of sp³-hybridized carbons (Fsp3) is 0.562. The lowest BCUT2D eigenvalue weighted by atomic mass is 9.94. The molecule has 7 heteroatoms. The van der Waals surface area contributed by atoms with Gasteiger partial charge in [0.2, 0.25) is 5.91 Å². The third kappa shape index (κ3) is 4.05. The van der Waals surface area contributed by atoms with Gasteiger partial charge in [-0.2, -0.15) is 0 Å². The van der Waals surface area contributed by atoms with Crippen LogP contribution < -0.4 is 10.6 Å². The second-order valence-electron chi connectivity index (χ2n) is 6.07. The van der Waals surface area contributed by atoms with Crippen molar-refractivity contribution in [2.45, 2.75) is 37.5 Å². The Kier molecular flexibility index (Phi) is 6.62. The van der Waals surface area contributed by atoms with E-state index in [2.05, 4.69) is 10.6 Å². The summed E-state index contributed by atoms with van der Waals surface area (Å²) in [5.41, 5.74) is 2.09. The zero-order valence-electron chi connectivity index (χ0n) is 13.8. The standard InChI is InChI=1S/C16H24N2O3S.ClH/c1-12-6-4-5-7-14(12)13(2)18-15(19)16(22(3,20)21)8-10-17-11-9-16;/h4-7,13,17H,8-11H2,1-3H3,(H,18,19);1H. The maximum absolute atomic E-state index is 12.7. The zero-order valence-corrected chi connectivity index (χ0v) is 15.4. The minimum atomic E-state index is -3.48. The molecule has 0 aliphatic carbocycles. The van der Waals surface area contributed by atoms with Crippen molar-refractivity contribution in [1.29, 1.82) is 0 Å². The lowest BCUT2D eigenvalue weighted by Gasteiger charge is -2.35. The maximum Gasteiger partial charge on any atom is 0.242 e. The van der Waals surface area contributed by atoms with Gasteiger partial charge in [-0.1, -0.05) is 24.3 Å². The molecule has 2 N–H and O–H groups in total. The molecule has 1 fully saturated rings. The normalized spacial score (nSPS) is 18.6. The number of hydrogen-bond donors (Lipinski definition) is 2. The highest BCUT2D eigenvalue weighted by atomic mass is 35.5. The summed E-state index contributed by atoms with van der Waals surface area (Å²) in [6, 6.07) is 7.58. The average Bonchev–Trinajstić information content (AvgIpc) is 2.47. The van der Waals surface area contributed by atoms with E-state index >= 15 is 0 Å². The minimum Gasteiger partial charge on any atom is -0.348 e. The Hall–Kier alpha value is -1.11. The molecule has 1 saturated heterocycles. The summed E-state index contributed by atoms with van der Waals surface area (Å²) >= 11 is 0. The molecule has 0 spiro atoms. The highest BCUT2D eigenvalue weighted by molar-refractivity contribution is 7.92. The fourth-order valence-corrected chi connectivity index (χ4v) is 4.42. The molecule has 0 radical (unpaired) electrons. The van der Waals surface area contributed by atoms with Crippen LogP contribution in [0.3, 0.4) is 0 Å². The van der Waals surface area contributed by atoms with Crippen molar-refractivity contribution in [3.63, 3.8) is 0 Å². The lowest BCUT2D eigenvalue weighted by molar-refractivity contribution is -0.125. The number of sulfone groups is 1. The van der Waals surface area contributed by atoms with E-state index in [4.69, 9.17) is 0 Å². The highest BCUT2D eigenvalue weighted by Crippen LogP contribution is 2.29. The summed E-state index contributed by atoms with van der Waals surface area (Å²) in [5, 5.41) is 6.02. The van der Waals surface area contributed by atoms with E-state index < -0.39 is 14.6 Å². The number of amides is 1. The third-order valence-corrected chi connectivity index (χ3v) is 6.55. The lowest BCUT2D eigenvalue weighted by Crippen LogP contribution is -2.57. The summed E-state index contributed by atoms with van der Waals surface area (Å²) in [6.07, 6.45) is 1.80. The van der Waals surface area contributed by atoms with Gasteiger partial charge in [0.05, 0.1) is 6.04 Å². The zero-order chi connectivity index (χ0) is 16.4. The van der Waals surface area contributed by atoms with Crippen LogP contribution in [-0.2, 0) is 14.6 Å². The highest BCUT2D eigenvalue weighted by Gasteiger charge is 2.48. The number of nitrogens with one attached hydrogen (secondary N) is 2. The van der Waals surface area contributed by atoms with Crippen molar-refractivity contribution in [2.75, 3.05) is 19.3 Å². The summed E-state index contributed by atoms with van der Waals surface area (Å²) in [4.78, 5) is 12.7. The molecule has 1 aromatic carbocycles. The molecule has 2 rings (SSSR count). The number of rotatable bonds is 4. The largest absolute Gasteiger partial charge is 0.348 e. The Morgan fingerprint density at radius 2 is 1.83 bits per heavy atom. The summed E-state index contributed by atoms with van der Waals surface area (Å²) in [6.45, 7) is 4.95. The molecule has 0 bridgehead atoms. The number of piperidine rings is 1. The first kappa shape index (κ1) is 19.9. The fourth-order valence-electron chi connectivity index (χ4n) is 3.08. The van der Waals surface area contributed by atoms with Gasteiger partial charge in [0, 0.05) is 6.26 Å². The monoisotopic (exact) mass is 360 g/mol. The molecule has 1 aliphatic heterocycles.